The highest BCUT2D eigenvalue weighted by Crippen LogP contribution is 2.47. The van der Waals surface area contributed by atoms with Gasteiger partial charge in [-0.1, -0.05) is 23.7 Å². The van der Waals surface area contributed by atoms with E-state index in [0.29, 0.717) is 16.3 Å². The van der Waals surface area contributed by atoms with Crippen LogP contribution in [0.3, 0.4) is 0 Å². The fraction of sp³-hybridized carbons (Fsp3) is 0.346. The summed E-state index contributed by atoms with van der Waals surface area (Å²) in [6.07, 6.45) is -1.08. The van der Waals surface area contributed by atoms with Crippen molar-refractivity contribution in [3.8, 4) is 0 Å². The maximum Gasteiger partial charge on any atom is 0.474 e. The number of aromatic nitrogens is 1. The number of aliphatic hydroxyl groups is 1. The minimum absolute atomic E-state index is 0.0836. The molecule has 0 radical (unpaired) electrons. The molecule has 3 aromatic rings. The molecular formula is C26H30ClF2N4O8P. The summed E-state index contributed by atoms with van der Waals surface area (Å²) in [6, 6.07) is 8.72. The standard InChI is InChI=1S/C26H30ClF2N4O8P/c1-16(34)33(31-13-18-5-4-6-23(29)25(18)27)21(11-22(35)15-41-42(37,38-2)39-3)14-40-26(36)32-24-10-19-9-20(28)8-7-17(19)12-30-24/h4-10,12,21-22,31,35H,11,13-15H2,1-3H3,(H,30,32,36)/t21-,22?/m0/s1. The average molecular weight is 631 g/mol. The molecule has 1 unspecified atom stereocenters. The lowest BCUT2D eigenvalue weighted by Gasteiger charge is -2.32. The minimum atomic E-state index is -3.91. The van der Waals surface area contributed by atoms with Crippen molar-refractivity contribution in [1.29, 1.82) is 0 Å². The Hall–Kier alpha value is -3.23. The molecule has 1 heterocycles. The van der Waals surface area contributed by atoms with E-state index in [4.69, 9.17) is 20.9 Å². The van der Waals surface area contributed by atoms with Crippen molar-refractivity contribution in [2.45, 2.75) is 32.0 Å². The summed E-state index contributed by atoms with van der Waals surface area (Å²) in [5.41, 5.74) is 3.16. The van der Waals surface area contributed by atoms with Crippen LogP contribution in [0, 0.1) is 11.6 Å². The van der Waals surface area contributed by atoms with Gasteiger partial charge in [-0.25, -0.2) is 28.6 Å². The third-order valence-electron chi connectivity index (χ3n) is 5.91. The van der Waals surface area contributed by atoms with Crippen molar-refractivity contribution in [2.24, 2.45) is 0 Å². The number of phosphoric acid groups is 1. The predicted molar refractivity (Wildman–Crippen MR) is 149 cm³/mol. The molecular weight excluding hydrogens is 601 g/mol. The lowest BCUT2D eigenvalue weighted by molar-refractivity contribution is -0.137. The van der Waals surface area contributed by atoms with Crippen LogP contribution >= 0.6 is 19.4 Å². The fourth-order valence-corrected chi connectivity index (χ4v) is 4.74. The Morgan fingerprint density at radius 3 is 2.55 bits per heavy atom. The van der Waals surface area contributed by atoms with Crippen molar-refractivity contribution < 1.29 is 46.3 Å². The zero-order chi connectivity index (χ0) is 30.9. The van der Waals surface area contributed by atoms with E-state index in [1.165, 1.54) is 49.5 Å². The Labute approximate surface area is 245 Å². The van der Waals surface area contributed by atoms with E-state index in [-0.39, 0.29) is 23.8 Å². The monoisotopic (exact) mass is 630 g/mol. The van der Waals surface area contributed by atoms with E-state index < -0.39 is 56.8 Å². The third kappa shape index (κ3) is 9.39. The van der Waals surface area contributed by atoms with Crippen LogP contribution in [0.2, 0.25) is 5.02 Å². The Morgan fingerprint density at radius 2 is 1.86 bits per heavy atom. The van der Waals surface area contributed by atoms with Gasteiger partial charge in [0.2, 0.25) is 5.91 Å². The quantitative estimate of drug-likeness (QED) is 0.167. The fourth-order valence-electron chi connectivity index (χ4n) is 3.83. The SMILES string of the molecule is COP(=O)(OC)OCC(O)C[C@@H](COC(=O)Nc1cc2cc(F)ccc2cn1)N(NCc1cccc(F)c1Cl)C(C)=O. The van der Waals surface area contributed by atoms with Crippen LogP contribution in [0.5, 0.6) is 0 Å². The van der Waals surface area contributed by atoms with Crippen molar-refractivity contribution in [3.05, 3.63) is 70.9 Å². The first-order chi connectivity index (χ1) is 19.9. The summed E-state index contributed by atoms with van der Waals surface area (Å²) in [7, 11) is -1.70. The number of hydrogen-bond acceptors (Lipinski definition) is 10. The number of benzene rings is 2. The van der Waals surface area contributed by atoms with Crippen LogP contribution in [0.25, 0.3) is 10.8 Å². The molecule has 16 heteroatoms. The van der Waals surface area contributed by atoms with Crippen molar-refractivity contribution in [1.82, 2.24) is 15.4 Å². The van der Waals surface area contributed by atoms with Gasteiger partial charge >= 0.3 is 13.9 Å². The maximum absolute atomic E-state index is 13.9. The average Bonchev–Trinajstić information content (AvgIpc) is 2.96. The zero-order valence-electron chi connectivity index (χ0n) is 22.9. The van der Waals surface area contributed by atoms with Gasteiger partial charge in [0, 0.05) is 45.7 Å². The number of nitrogens with one attached hydrogen (secondary N) is 2. The summed E-state index contributed by atoms with van der Waals surface area (Å²) in [4.78, 5) is 29.3. The molecule has 1 aromatic heterocycles. The van der Waals surface area contributed by atoms with E-state index in [1.54, 1.807) is 6.07 Å². The maximum atomic E-state index is 13.9. The second kappa shape index (κ2) is 15.3. The van der Waals surface area contributed by atoms with Crippen molar-refractivity contribution in [2.75, 3.05) is 32.8 Å². The van der Waals surface area contributed by atoms with Crippen LogP contribution in [0.15, 0.2) is 48.7 Å². The number of ether oxygens (including phenoxy) is 1. The predicted octanol–water partition coefficient (Wildman–Crippen LogP) is 4.81. The molecule has 0 saturated heterocycles. The van der Waals surface area contributed by atoms with E-state index in [2.05, 4.69) is 24.8 Å². The molecule has 0 aliphatic carbocycles. The summed E-state index contributed by atoms with van der Waals surface area (Å²) in [5.74, 6) is -1.57. The highest BCUT2D eigenvalue weighted by molar-refractivity contribution is 7.48. The molecule has 0 aliphatic heterocycles. The van der Waals surface area contributed by atoms with Crippen LogP contribution in [0.1, 0.15) is 18.9 Å². The normalized spacial score (nSPS) is 13.0. The first kappa shape index (κ1) is 33.3. The number of carbonyl (C=O) groups excluding carboxylic acids is 2. The number of hydrogen-bond donors (Lipinski definition) is 3. The molecule has 228 valence electrons. The van der Waals surface area contributed by atoms with Gasteiger partial charge in [-0.3, -0.25) is 28.7 Å². The Bertz CT molecular complexity index is 1440. The highest BCUT2D eigenvalue weighted by Gasteiger charge is 2.29. The number of nitrogens with zero attached hydrogens (tertiary/aromatic N) is 2. The Balaban J connectivity index is 1.73. The summed E-state index contributed by atoms with van der Waals surface area (Å²) in [6.45, 7) is 0.172. The van der Waals surface area contributed by atoms with Crippen LogP contribution < -0.4 is 10.7 Å². The van der Waals surface area contributed by atoms with Gasteiger partial charge in [0.15, 0.2) is 0 Å². The number of aliphatic hydroxyl groups excluding tert-OH is 1. The molecule has 0 aliphatic rings. The lowest BCUT2D eigenvalue weighted by atomic mass is 10.1. The smallest absolute Gasteiger partial charge is 0.447 e. The number of fused-ring (bicyclic) bond motifs is 1. The van der Waals surface area contributed by atoms with Crippen LogP contribution in [0.4, 0.5) is 19.4 Å². The zero-order valence-corrected chi connectivity index (χ0v) is 24.5. The molecule has 12 nitrogen and oxygen atoms in total. The minimum Gasteiger partial charge on any atom is -0.447 e. The molecule has 0 fully saturated rings. The number of carbonyl (C=O) groups is 2. The third-order valence-corrected chi connectivity index (χ3v) is 7.70. The molecule has 2 atom stereocenters. The summed E-state index contributed by atoms with van der Waals surface area (Å²) < 4.78 is 59.4. The topological polar surface area (TPSA) is 149 Å². The van der Waals surface area contributed by atoms with Gasteiger partial charge in [0.1, 0.15) is 24.1 Å². The second-order valence-corrected chi connectivity index (χ2v) is 11.1. The molecule has 2 aromatic carbocycles. The Morgan fingerprint density at radius 1 is 1.12 bits per heavy atom. The number of halogens is 3. The molecule has 0 saturated carbocycles. The molecule has 3 N–H and O–H groups in total. The van der Waals surface area contributed by atoms with Gasteiger partial charge < -0.3 is 9.84 Å². The lowest BCUT2D eigenvalue weighted by Crippen LogP contribution is -2.52. The van der Waals surface area contributed by atoms with Gasteiger partial charge in [-0.15, -0.1) is 0 Å². The van der Waals surface area contributed by atoms with E-state index in [9.17, 15) is 28.0 Å². The molecule has 2 amide bonds. The number of amides is 2. The summed E-state index contributed by atoms with van der Waals surface area (Å²) in [5, 5.41) is 15.1. The van der Waals surface area contributed by atoms with Crippen LogP contribution in [-0.4, -0.2) is 66.7 Å². The number of pyridine rings is 1. The molecule has 42 heavy (non-hydrogen) atoms. The molecule has 3 rings (SSSR count). The second-order valence-electron chi connectivity index (χ2n) is 8.87. The number of rotatable bonds is 14. The number of anilines is 1. The van der Waals surface area contributed by atoms with E-state index in [0.717, 1.165) is 19.2 Å². The first-order valence-electron chi connectivity index (χ1n) is 12.4. The van der Waals surface area contributed by atoms with Gasteiger partial charge in [-0.2, -0.15) is 0 Å². The van der Waals surface area contributed by atoms with Gasteiger partial charge in [-0.05, 0) is 41.3 Å². The van der Waals surface area contributed by atoms with Gasteiger partial charge in [0.05, 0.1) is 23.8 Å². The van der Waals surface area contributed by atoms with Crippen molar-refractivity contribution >= 4 is 48.0 Å². The highest BCUT2D eigenvalue weighted by atomic mass is 35.5. The van der Waals surface area contributed by atoms with Gasteiger partial charge in [0.25, 0.3) is 0 Å². The van der Waals surface area contributed by atoms with E-state index >= 15 is 0 Å². The van der Waals surface area contributed by atoms with E-state index in [1.807, 2.05) is 0 Å². The van der Waals surface area contributed by atoms with Crippen LogP contribution in [-0.2, 0) is 34.2 Å². The first-order valence-corrected chi connectivity index (χ1v) is 14.3. The largest absolute Gasteiger partial charge is 0.474 e. The number of phosphoric ester groups is 1. The number of hydrazine groups is 1. The molecule has 0 bridgehead atoms. The van der Waals surface area contributed by atoms with Crippen molar-refractivity contribution in [3.63, 3.8) is 0 Å². The Kier molecular flexibility index (Phi) is 12.1. The summed E-state index contributed by atoms with van der Waals surface area (Å²) >= 11 is 6.03. The molecule has 0 spiro atoms.